The van der Waals surface area contributed by atoms with Gasteiger partial charge in [-0.3, -0.25) is 0 Å². The van der Waals surface area contributed by atoms with E-state index in [1.54, 1.807) is 0 Å². The summed E-state index contributed by atoms with van der Waals surface area (Å²) >= 11 is 0. The van der Waals surface area contributed by atoms with Gasteiger partial charge >= 0.3 is 5.97 Å². The second-order valence-corrected chi connectivity index (χ2v) is 6.02. The maximum atomic E-state index is 11.9. The van der Waals surface area contributed by atoms with Gasteiger partial charge < -0.3 is 4.74 Å². The summed E-state index contributed by atoms with van der Waals surface area (Å²) in [7, 11) is 0. The molecule has 0 saturated heterocycles. The summed E-state index contributed by atoms with van der Waals surface area (Å²) < 4.78 is 5.33. The number of esters is 1. The lowest BCUT2D eigenvalue weighted by Gasteiger charge is -2.19. The van der Waals surface area contributed by atoms with Crippen LogP contribution in [0.3, 0.4) is 0 Å². The summed E-state index contributed by atoms with van der Waals surface area (Å²) in [6, 6.07) is 7.55. The fourth-order valence-corrected chi connectivity index (χ4v) is 1.80. The number of hydrogen-bond donors (Lipinski definition) is 0. The first-order valence-electron chi connectivity index (χ1n) is 7.42. The van der Waals surface area contributed by atoms with E-state index in [2.05, 4.69) is 19.1 Å². The summed E-state index contributed by atoms with van der Waals surface area (Å²) in [5, 5.41) is 0. The van der Waals surface area contributed by atoms with Crippen molar-refractivity contribution in [2.45, 2.75) is 59.0 Å². The van der Waals surface area contributed by atoms with Crippen LogP contribution in [0.25, 0.3) is 6.08 Å². The topological polar surface area (TPSA) is 26.3 Å². The van der Waals surface area contributed by atoms with Crippen LogP contribution < -0.4 is 0 Å². The van der Waals surface area contributed by atoms with Crippen molar-refractivity contribution in [2.24, 2.45) is 0 Å². The number of unbranched alkanes of at least 4 members (excludes halogenated alkanes) is 3. The lowest BCUT2D eigenvalue weighted by atomic mass is 10.1. The summed E-state index contributed by atoms with van der Waals surface area (Å²) in [4.78, 5) is 11.9. The highest BCUT2D eigenvalue weighted by Crippen LogP contribution is 2.13. The predicted octanol–water partition coefficient (Wildman–Crippen LogP) is 5.24. The molecule has 1 aromatic carbocycles. The van der Waals surface area contributed by atoms with E-state index in [0.29, 0.717) is 5.56 Å². The van der Waals surface area contributed by atoms with Crippen LogP contribution in [0, 0.1) is 0 Å². The molecule has 0 aliphatic rings. The highest BCUT2D eigenvalue weighted by atomic mass is 16.6. The molecule has 0 unspecified atom stereocenters. The highest BCUT2D eigenvalue weighted by Gasteiger charge is 2.17. The standard InChI is InChI=1S/C18H26O2/c1-5-6-7-8-9-10-15-11-13-16(14-12-15)17(19)20-18(2,3)4/h9-14H,5-8H2,1-4H3/b10-9+. The number of hydrogen-bond acceptors (Lipinski definition) is 2. The Kier molecular flexibility index (Phi) is 6.50. The van der Waals surface area contributed by atoms with E-state index in [9.17, 15) is 4.79 Å². The zero-order valence-electron chi connectivity index (χ0n) is 13.1. The number of carbonyl (C=O) groups is 1. The number of rotatable bonds is 6. The first-order valence-corrected chi connectivity index (χ1v) is 7.42. The molecule has 20 heavy (non-hydrogen) atoms. The van der Waals surface area contributed by atoms with E-state index >= 15 is 0 Å². The second-order valence-electron chi connectivity index (χ2n) is 6.02. The van der Waals surface area contributed by atoms with E-state index < -0.39 is 5.60 Å². The Morgan fingerprint density at radius 1 is 1.15 bits per heavy atom. The van der Waals surface area contributed by atoms with E-state index in [1.807, 2.05) is 45.0 Å². The molecule has 2 nitrogen and oxygen atoms in total. The van der Waals surface area contributed by atoms with Gasteiger partial charge in [0.1, 0.15) is 5.60 Å². The van der Waals surface area contributed by atoms with Gasteiger partial charge in [-0.15, -0.1) is 0 Å². The molecule has 0 fully saturated rings. The predicted molar refractivity (Wildman–Crippen MR) is 84.8 cm³/mol. The van der Waals surface area contributed by atoms with Gasteiger partial charge in [-0.05, 0) is 51.3 Å². The first-order chi connectivity index (χ1) is 9.42. The second kappa shape index (κ2) is 7.88. The molecular weight excluding hydrogens is 248 g/mol. The van der Waals surface area contributed by atoms with Crippen LogP contribution in [-0.4, -0.2) is 11.6 Å². The number of ether oxygens (including phenoxy) is 1. The molecule has 0 aliphatic heterocycles. The monoisotopic (exact) mass is 274 g/mol. The smallest absolute Gasteiger partial charge is 0.338 e. The van der Waals surface area contributed by atoms with Gasteiger partial charge in [-0.25, -0.2) is 4.79 Å². The molecule has 0 aromatic heterocycles. The summed E-state index contributed by atoms with van der Waals surface area (Å²) in [5.41, 5.74) is 1.27. The Morgan fingerprint density at radius 2 is 1.80 bits per heavy atom. The van der Waals surface area contributed by atoms with Gasteiger partial charge in [-0.2, -0.15) is 0 Å². The molecule has 0 amide bonds. The van der Waals surface area contributed by atoms with Crippen molar-refractivity contribution >= 4 is 12.0 Å². The summed E-state index contributed by atoms with van der Waals surface area (Å²) in [6.07, 6.45) is 9.18. The molecule has 0 radical (unpaired) electrons. The Balaban J connectivity index is 2.54. The van der Waals surface area contributed by atoms with Crippen molar-refractivity contribution in [2.75, 3.05) is 0 Å². The molecule has 0 spiro atoms. The third-order valence-electron chi connectivity index (χ3n) is 2.83. The molecule has 0 saturated carbocycles. The third-order valence-corrected chi connectivity index (χ3v) is 2.83. The van der Waals surface area contributed by atoms with Crippen LogP contribution in [0.1, 0.15) is 69.3 Å². The lowest BCUT2D eigenvalue weighted by molar-refractivity contribution is 0.00695. The Hall–Kier alpha value is -1.57. The summed E-state index contributed by atoms with van der Waals surface area (Å²) in [6.45, 7) is 7.83. The van der Waals surface area contributed by atoms with Crippen molar-refractivity contribution in [3.05, 3.63) is 41.5 Å². The first kappa shape index (κ1) is 16.5. The van der Waals surface area contributed by atoms with Crippen LogP contribution in [0.4, 0.5) is 0 Å². The number of carbonyl (C=O) groups excluding carboxylic acids is 1. The molecule has 0 bridgehead atoms. The van der Waals surface area contributed by atoms with E-state index in [4.69, 9.17) is 4.74 Å². The van der Waals surface area contributed by atoms with Gasteiger partial charge in [0.05, 0.1) is 5.56 Å². The zero-order chi connectivity index (χ0) is 15.0. The molecular formula is C18H26O2. The molecule has 0 aliphatic carbocycles. The van der Waals surface area contributed by atoms with Crippen LogP contribution >= 0.6 is 0 Å². The SMILES string of the molecule is CCCCC/C=C/c1ccc(C(=O)OC(C)(C)C)cc1. The average Bonchev–Trinajstić information content (AvgIpc) is 2.37. The normalized spacial score (nSPS) is 11.8. The third kappa shape index (κ3) is 6.55. The van der Waals surface area contributed by atoms with Crippen LogP contribution in [0.15, 0.2) is 30.3 Å². The minimum Gasteiger partial charge on any atom is -0.456 e. The van der Waals surface area contributed by atoms with Gasteiger partial charge in [-0.1, -0.05) is 44.1 Å². The molecule has 1 aromatic rings. The van der Waals surface area contributed by atoms with E-state index in [1.165, 1.54) is 19.3 Å². The Bertz CT molecular complexity index is 435. The molecule has 0 N–H and O–H groups in total. The lowest BCUT2D eigenvalue weighted by Crippen LogP contribution is -2.23. The molecule has 110 valence electrons. The summed E-state index contributed by atoms with van der Waals surface area (Å²) in [5.74, 6) is -0.268. The van der Waals surface area contributed by atoms with Crippen molar-refractivity contribution in [1.29, 1.82) is 0 Å². The maximum Gasteiger partial charge on any atom is 0.338 e. The van der Waals surface area contributed by atoms with Crippen LogP contribution in [0.5, 0.6) is 0 Å². The number of benzene rings is 1. The minimum absolute atomic E-state index is 0.268. The Labute approximate surface area is 122 Å². The highest BCUT2D eigenvalue weighted by molar-refractivity contribution is 5.89. The molecule has 2 heteroatoms. The molecule has 0 atom stereocenters. The molecule has 1 rings (SSSR count). The van der Waals surface area contributed by atoms with Crippen molar-refractivity contribution in [1.82, 2.24) is 0 Å². The fraction of sp³-hybridized carbons (Fsp3) is 0.500. The maximum absolute atomic E-state index is 11.9. The number of allylic oxidation sites excluding steroid dienone is 1. The van der Waals surface area contributed by atoms with E-state index in [0.717, 1.165) is 12.0 Å². The van der Waals surface area contributed by atoms with Gasteiger partial charge in [0.25, 0.3) is 0 Å². The van der Waals surface area contributed by atoms with Gasteiger partial charge in [0.15, 0.2) is 0 Å². The zero-order valence-corrected chi connectivity index (χ0v) is 13.1. The van der Waals surface area contributed by atoms with E-state index in [-0.39, 0.29) is 5.97 Å². The van der Waals surface area contributed by atoms with Crippen molar-refractivity contribution in [3.63, 3.8) is 0 Å². The van der Waals surface area contributed by atoms with Gasteiger partial charge in [0.2, 0.25) is 0 Å². The Morgan fingerprint density at radius 3 is 2.35 bits per heavy atom. The van der Waals surface area contributed by atoms with Crippen molar-refractivity contribution < 1.29 is 9.53 Å². The average molecular weight is 274 g/mol. The minimum atomic E-state index is -0.449. The fourth-order valence-electron chi connectivity index (χ4n) is 1.80. The quantitative estimate of drug-likeness (QED) is 0.524. The largest absolute Gasteiger partial charge is 0.456 e. The van der Waals surface area contributed by atoms with Crippen molar-refractivity contribution in [3.8, 4) is 0 Å². The molecule has 0 heterocycles. The van der Waals surface area contributed by atoms with Crippen LogP contribution in [0.2, 0.25) is 0 Å². The van der Waals surface area contributed by atoms with Crippen LogP contribution in [-0.2, 0) is 4.74 Å². The van der Waals surface area contributed by atoms with Gasteiger partial charge in [0, 0.05) is 0 Å².